The molecule has 6 nitrogen and oxygen atoms in total. The van der Waals surface area contributed by atoms with Crippen LogP contribution in [0, 0.1) is 18.6 Å². The summed E-state index contributed by atoms with van der Waals surface area (Å²) in [7, 11) is 5.37. The lowest BCUT2D eigenvalue weighted by atomic mass is 10.1. The highest BCUT2D eigenvalue weighted by atomic mass is 32.1. The quantitative estimate of drug-likeness (QED) is 0.519. The summed E-state index contributed by atoms with van der Waals surface area (Å²) >= 11 is 5.69. The second-order valence-electron chi connectivity index (χ2n) is 7.19. The van der Waals surface area contributed by atoms with E-state index in [4.69, 9.17) is 21.7 Å². The fourth-order valence-electron chi connectivity index (χ4n) is 3.35. The Hall–Kier alpha value is -2.64. The van der Waals surface area contributed by atoms with E-state index in [1.165, 1.54) is 11.1 Å². The van der Waals surface area contributed by atoms with E-state index in [9.17, 15) is 0 Å². The Kier molecular flexibility index (Phi) is 6.71. The summed E-state index contributed by atoms with van der Waals surface area (Å²) in [5.41, 5.74) is 3.54. The third-order valence-corrected chi connectivity index (χ3v) is 5.38. The molecular formula is C22H28N4O2S. The topological polar surface area (TPSA) is 44.5 Å². The average Bonchev–Trinajstić information content (AvgIpc) is 2.97. The highest BCUT2D eigenvalue weighted by Gasteiger charge is 2.13. The molecule has 1 aromatic heterocycles. The second kappa shape index (κ2) is 9.24. The van der Waals surface area contributed by atoms with Crippen molar-refractivity contribution in [2.75, 3.05) is 21.3 Å². The van der Waals surface area contributed by atoms with E-state index < -0.39 is 0 Å². The first kappa shape index (κ1) is 21.1. The normalized spacial score (nSPS) is 11.1. The van der Waals surface area contributed by atoms with Gasteiger partial charge >= 0.3 is 0 Å². The number of aryl methyl sites for hydroxylation is 2. The Bertz CT molecular complexity index is 1030. The van der Waals surface area contributed by atoms with Crippen molar-refractivity contribution in [3.63, 3.8) is 0 Å². The first-order chi connectivity index (χ1) is 13.9. The Morgan fingerprint density at radius 1 is 1.03 bits per heavy atom. The fourth-order valence-corrected chi connectivity index (χ4v) is 3.65. The third-order valence-electron chi connectivity index (χ3n) is 4.95. The number of ether oxygens (including phenoxy) is 2. The third kappa shape index (κ3) is 4.86. The Morgan fingerprint density at radius 2 is 1.69 bits per heavy atom. The lowest BCUT2D eigenvalue weighted by Crippen LogP contribution is -2.23. The van der Waals surface area contributed by atoms with Gasteiger partial charge in [0.2, 0.25) is 0 Å². The number of methoxy groups -OCH3 is 2. The SMILES string of the molecule is COc1cc(C)c(CN(C)Cn2nc(C)n(Cc3ccccc3)c2=S)cc1OC. The lowest BCUT2D eigenvalue weighted by molar-refractivity contribution is 0.242. The number of aromatic nitrogens is 3. The van der Waals surface area contributed by atoms with E-state index in [1.54, 1.807) is 14.2 Å². The van der Waals surface area contributed by atoms with Gasteiger partial charge in [-0.3, -0.25) is 9.47 Å². The molecule has 0 unspecified atom stereocenters. The lowest BCUT2D eigenvalue weighted by Gasteiger charge is -2.19. The van der Waals surface area contributed by atoms with E-state index in [0.717, 1.165) is 40.7 Å². The van der Waals surface area contributed by atoms with Gasteiger partial charge in [-0.15, -0.1) is 0 Å². The highest BCUT2D eigenvalue weighted by Crippen LogP contribution is 2.30. The molecule has 0 saturated carbocycles. The van der Waals surface area contributed by atoms with Crippen LogP contribution in [0.25, 0.3) is 0 Å². The van der Waals surface area contributed by atoms with E-state index in [0.29, 0.717) is 6.67 Å². The Morgan fingerprint density at radius 3 is 2.34 bits per heavy atom. The summed E-state index contributed by atoms with van der Waals surface area (Å²) < 4.78 is 15.5. The number of hydrogen-bond donors (Lipinski definition) is 0. The Balaban J connectivity index is 1.75. The van der Waals surface area contributed by atoms with Gasteiger partial charge in [-0.2, -0.15) is 5.10 Å². The van der Waals surface area contributed by atoms with Gasteiger partial charge in [-0.05, 0) is 61.9 Å². The zero-order chi connectivity index (χ0) is 21.0. The van der Waals surface area contributed by atoms with Gasteiger partial charge in [-0.1, -0.05) is 30.3 Å². The molecule has 0 atom stereocenters. The van der Waals surface area contributed by atoms with Crippen LogP contribution in [-0.2, 0) is 19.8 Å². The van der Waals surface area contributed by atoms with Crippen LogP contribution in [0.4, 0.5) is 0 Å². The second-order valence-corrected chi connectivity index (χ2v) is 7.56. The Labute approximate surface area is 177 Å². The van der Waals surface area contributed by atoms with Gasteiger partial charge in [-0.25, -0.2) is 4.68 Å². The minimum Gasteiger partial charge on any atom is -0.493 e. The number of hydrogen-bond acceptors (Lipinski definition) is 5. The summed E-state index contributed by atoms with van der Waals surface area (Å²) in [6.45, 7) is 6.15. The van der Waals surface area contributed by atoms with E-state index in [-0.39, 0.29) is 0 Å². The molecule has 0 saturated heterocycles. The molecule has 2 aromatic carbocycles. The van der Waals surface area contributed by atoms with Crippen LogP contribution in [0.5, 0.6) is 11.5 Å². The summed E-state index contributed by atoms with van der Waals surface area (Å²) in [5, 5.41) is 4.66. The number of benzene rings is 2. The van der Waals surface area contributed by atoms with Crippen LogP contribution in [0.15, 0.2) is 42.5 Å². The van der Waals surface area contributed by atoms with Crippen molar-refractivity contribution in [1.29, 1.82) is 0 Å². The monoisotopic (exact) mass is 412 g/mol. The van der Waals surface area contributed by atoms with Crippen molar-refractivity contribution in [2.45, 2.75) is 33.6 Å². The van der Waals surface area contributed by atoms with E-state index >= 15 is 0 Å². The molecule has 0 aliphatic carbocycles. The summed E-state index contributed by atoms with van der Waals surface area (Å²) in [4.78, 5) is 2.18. The van der Waals surface area contributed by atoms with Gasteiger partial charge in [0.15, 0.2) is 16.3 Å². The molecule has 0 aliphatic rings. The zero-order valence-corrected chi connectivity index (χ0v) is 18.5. The number of rotatable bonds is 8. The van der Waals surface area contributed by atoms with Crippen LogP contribution in [0.3, 0.4) is 0 Å². The van der Waals surface area contributed by atoms with Gasteiger partial charge in [0.05, 0.1) is 27.4 Å². The minimum atomic E-state index is 0.606. The van der Waals surface area contributed by atoms with Gasteiger partial charge in [0.1, 0.15) is 5.82 Å². The molecule has 1 heterocycles. The molecule has 0 aliphatic heterocycles. The fraction of sp³-hybridized carbons (Fsp3) is 0.364. The van der Waals surface area contributed by atoms with Crippen molar-refractivity contribution in [2.24, 2.45) is 0 Å². The smallest absolute Gasteiger partial charge is 0.199 e. The first-order valence-electron chi connectivity index (χ1n) is 9.51. The van der Waals surface area contributed by atoms with Crippen molar-refractivity contribution in [3.8, 4) is 11.5 Å². The average molecular weight is 413 g/mol. The summed E-state index contributed by atoms with van der Waals surface area (Å²) in [5.74, 6) is 2.39. The van der Waals surface area contributed by atoms with Gasteiger partial charge in [0, 0.05) is 6.54 Å². The van der Waals surface area contributed by atoms with Crippen LogP contribution in [0.1, 0.15) is 22.5 Å². The van der Waals surface area contributed by atoms with Crippen LogP contribution >= 0.6 is 12.2 Å². The van der Waals surface area contributed by atoms with Crippen molar-refractivity contribution < 1.29 is 9.47 Å². The van der Waals surface area contributed by atoms with Crippen molar-refractivity contribution in [1.82, 2.24) is 19.2 Å². The maximum atomic E-state index is 5.69. The van der Waals surface area contributed by atoms with Gasteiger partial charge in [0.25, 0.3) is 0 Å². The molecule has 0 radical (unpaired) electrons. The predicted octanol–water partition coefficient (Wildman–Crippen LogP) is 4.19. The summed E-state index contributed by atoms with van der Waals surface area (Å²) in [6, 6.07) is 14.3. The largest absolute Gasteiger partial charge is 0.493 e. The molecule has 0 fully saturated rings. The molecule has 3 aromatic rings. The highest BCUT2D eigenvalue weighted by molar-refractivity contribution is 7.71. The van der Waals surface area contributed by atoms with Gasteiger partial charge < -0.3 is 9.47 Å². The van der Waals surface area contributed by atoms with Crippen molar-refractivity contribution >= 4 is 12.2 Å². The molecule has 0 N–H and O–H groups in total. The van der Waals surface area contributed by atoms with E-state index in [1.807, 2.05) is 41.9 Å². The van der Waals surface area contributed by atoms with Crippen LogP contribution < -0.4 is 9.47 Å². The zero-order valence-electron chi connectivity index (χ0n) is 17.7. The molecule has 3 rings (SSSR count). The van der Waals surface area contributed by atoms with Crippen LogP contribution in [-0.4, -0.2) is 40.5 Å². The molecule has 154 valence electrons. The van der Waals surface area contributed by atoms with Crippen molar-refractivity contribution in [3.05, 3.63) is 69.8 Å². The summed E-state index contributed by atoms with van der Waals surface area (Å²) in [6.07, 6.45) is 0. The predicted molar refractivity (Wildman–Crippen MR) is 117 cm³/mol. The molecule has 29 heavy (non-hydrogen) atoms. The maximum absolute atomic E-state index is 5.69. The first-order valence-corrected chi connectivity index (χ1v) is 9.92. The molecule has 0 spiro atoms. The molecule has 0 amide bonds. The van der Waals surface area contributed by atoms with Crippen LogP contribution in [0.2, 0.25) is 0 Å². The molecule has 7 heteroatoms. The molecule has 0 bridgehead atoms. The standard InChI is InChI=1S/C22H28N4O2S/c1-16-11-20(27-4)21(28-5)12-19(16)14-24(3)15-26-22(29)25(17(2)23-26)13-18-9-7-6-8-10-18/h6-12H,13-15H2,1-5H3. The maximum Gasteiger partial charge on any atom is 0.199 e. The number of nitrogens with zero attached hydrogens (tertiary/aromatic N) is 4. The van der Waals surface area contributed by atoms with E-state index in [2.05, 4.69) is 40.7 Å². The molecular weight excluding hydrogens is 384 g/mol. The minimum absolute atomic E-state index is 0.606.